The van der Waals surface area contributed by atoms with E-state index in [-0.39, 0.29) is 0 Å². The zero-order valence-electron chi connectivity index (χ0n) is 13.1. The summed E-state index contributed by atoms with van der Waals surface area (Å²) >= 11 is 0. The van der Waals surface area contributed by atoms with Crippen molar-refractivity contribution in [1.82, 2.24) is 14.7 Å². The van der Waals surface area contributed by atoms with E-state index in [1.807, 2.05) is 23.9 Å². The van der Waals surface area contributed by atoms with Gasteiger partial charge in [-0.25, -0.2) is 0 Å². The van der Waals surface area contributed by atoms with Gasteiger partial charge in [-0.3, -0.25) is 9.58 Å². The number of hydrogen-bond donors (Lipinski definition) is 0. The molecule has 4 rings (SSSR count). The van der Waals surface area contributed by atoms with Crippen LogP contribution in [0.5, 0.6) is 0 Å². The fraction of sp³-hybridized carbons (Fsp3) is 0.588. The molecule has 3 heterocycles. The summed E-state index contributed by atoms with van der Waals surface area (Å²) in [5.41, 5.74) is 2.54. The first-order chi connectivity index (χ1) is 10.8. The van der Waals surface area contributed by atoms with E-state index in [1.54, 1.807) is 6.26 Å². The quantitative estimate of drug-likeness (QED) is 0.822. The Hall–Kier alpha value is -1.59. The van der Waals surface area contributed by atoms with Gasteiger partial charge >= 0.3 is 0 Å². The molecule has 1 atom stereocenters. The van der Waals surface area contributed by atoms with E-state index in [0.717, 1.165) is 44.5 Å². The van der Waals surface area contributed by atoms with Crippen LogP contribution in [-0.2, 0) is 24.9 Å². The lowest BCUT2D eigenvalue weighted by Gasteiger charge is -2.31. The molecule has 5 nitrogen and oxygen atoms in total. The van der Waals surface area contributed by atoms with Crippen LogP contribution in [0.1, 0.15) is 35.8 Å². The Morgan fingerprint density at radius 2 is 2.27 bits per heavy atom. The van der Waals surface area contributed by atoms with Crippen LogP contribution in [0.15, 0.2) is 29.0 Å². The van der Waals surface area contributed by atoms with Gasteiger partial charge in [-0.05, 0) is 30.9 Å². The van der Waals surface area contributed by atoms with Crippen molar-refractivity contribution in [2.45, 2.75) is 31.8 Å². The van der Waals surface area contributed by atoms with Crippen molar-refractivity contribution in [2.24, 2.45) is 13.0 Å². The van der Waals surface area contributed by atoms with E-state index in [1.165, 1.54) is 24.1 Å². The maximum atomic E-state index is 5.95. The second-order valence-electron chi connectivity index (χ2n) is 6.64. The number of aryl methyl sites for hydroxylation is 1. The second kappa shape index (κ2) is 5.89. The van der Waals surface area contributed by atoms with Crippen molar-refractivity contribution in [2.75, 3.05) is 19.8 Å². The molecule has 0 spiro atoms. The van der Waals surface area contributed by atoms with Crippen molar-refractivity contribution in [1.29, 1.82) is 0 Å². The number of rotatable bonds is 6. The molecule has 0 unspecified atom stereocenters. The predicted octanol–water partition coefficient (Wildman–Crippen LogP) is 2.54. The summed E-state index contributed by atoms with van der Waals surface area (Å²) in [6, 6.07) is 3.99. The van der Waals surface area contributed by atoms with Crippen LogP contribution in [0.25, 0.3) is 0 Å². The molecule has 22 heavy (non-hydrogen) atoms. The van der Waals surface area contributed by atoms with Gasteiger partial charge in [0.15, 0.2) is 0 Å². The average molecular weight is 301 g/mol. The largest absolute Gasteiger partial charge is 0.468 e. The molecule has 2 aliphatic rings. The normalized spacial score (nSPS) is 22.0. The molecule has 1 aliphatic carbocycles. The summed E-state index contributed by atoms with van der Waals surface area (Å²) in [6.45, 7) is 4.45. The molecule has 2 aromatic heterocycles. The van der Waals surface area contributed by atoms with Gasteiger partial charge in [-0.1, -0.05) is 0 Å². The van der Waals surface area contributed by atoms with Crippen LogP contribution in [0, 0.1) is 5.92 Å². The minimum Gasteiger partial charge on any atom is -0.468 e. The van der Waals surface area contributed by atoms with E-state index in [9.17, 15) is 0 Å². The molecular weight excluding hydrogens is 278 g/mol. The first-order valence-electron chi connectivity index (χ1n) is 8.13. The molecule has 1 fully saturated rings. The Balaban J connectivity index is 1.45. The molecule has 1 saturated carbocycles. The molecule has 2 aromatic rings. The van der Waals surface area contributed by atoms with Crippen molar-refractivity contribution < 1.29 is 9.15 Å². The van der Waals surface area contributed by atoms with Gasteiger partial charge in [0.2, 0.25) is 0 Å². The Kier molecular flexibility index (Phi) is 3.76. The Bertz CT molecular complexity index is 616. The first-order valence-corrected chi connectivity index (χ1v) is 8.13. The fourth-order valence-corrected chi connectivity index (χ4v) is 3.26. The van der Waals surface area contributed by atoms with Crippen LogP contribution in [-0.4, -0.2) is 34.4 Å². The monoisotopic (exact) mass is 301 g/mol. The van der Waals surface area contributed by atoms with E-state index in [0.29, 0.717) is 5.92 Å². The van der Waals surface area contributed by atoms with Crippen LogP contribution >= 0.6 is 0 Å². The minimum atomic E-state index is 0.360. The third-order valence-electron chi connectivity index (χ3n) is 4.53. The molecular formula is C17H23N3O2. The van der Waals surface area contributed by atoms with Crippen LogP contribution in [0.4, 0.5) is 0 Å². The van der Waals surface area contributed by atoms with E-state index in [4.69, 9.17) is 9.15 Å². The Labute approximate surface area is 130 Å². The standard InChI is InChI=1S/C17H23N3O2/c1-19-7-14-8-20(10-16-3-2-6-22-16)9-15(17(14)18-19)12-21-11-13-4-5-13/h2-3,6-7,13,15H,4-5,8-12H2,1H3/t15-/m0/s1. The second-order valence-corrected chi connectivity index (χ2v) is 6.64. The van der Waals surface area contributed by atoms with Gasteiger partial charge in [0, 0.05) is 44.4 Å². The van der Waals surface area contributed by atoms with Crippen LogP contribution in [0.2, 0.25) is 0 Å². The minimum absolute atomic E-state index is 0.360. The molecule has 0 N–H and O–H groups in total. The van der Waals surface area contributed by atoms with Crippen molar-refractivity contribution in [3.63, 3.8) is 0 Å². The zero-order chi connectivity index (χ0) is 14.9. The maximum Gasteiger partial charge on any atom is 0.117 e. The predicted molar refractivity (Wildman–Crippen MR) is 82.3 cm³/mol. The SMILES string of the molecule is Cn1cc2c(n1)[C@H](COCC1CC1)CN(Cc1ccco1)C2. The molecule has 0 bridgehead atoms. The van der Waals surface area contributed by atoms with E-state index < -0.39 is 0 Å². The van der Waals surface area contributed by atoms with E-state index in [2.05, 4.69) is 16.2 Å². The highest BCUT2D eigenvalue weighted by Crippen LogP contribution is 2.31. The van der Waals surface area contributed by atoms with Gasteiger partial charge in [-0.15, -0.1) is 0 Å². The highest BCUT2D eigenvalue weighted by molar-refractivity contribution is 5.24. The molecule has 5 heteroatoms. The maximum absolute atomic E-state index is 5.95. The van der Waals surface area contributed by atoms with Gasteiger partial charge in [0.1, 0.15) is 5.76 Å². The third kappa shape index (κ3) is 3.10. The van der Waals surface area contributed by atoms with Gasteiger partial charge in [-0.2, -0.15) is 5.10 Å². The summed E-state index contributed by atoms with van der Waals surface area (Å²) in [4.78, 5) is 2.42. The molecule has 1 aliphatic heterocycles. The highest BCUT2D eigenvalue weighted by atomic mass is 16.5. The van der Waals surface area contributed by atoms with Gasteiger partial charge in [0.05, 0.1) is 25.1 Å². The highest BCUT2D eigenvalue weighted by Gasteiger charge is 2.29. The molecule has 118 valence electrons. The summed E-state index contributed by atoms with van der Waals surface area (Å²) in [7, 11) is 2.00. The average Bonchev–Trinajstić information content (AvgIpc) is 3.02. The van der Waals surface area contributed by atoms with Crippen LogP contribution in [0.3, 0.4) is 0 Å². The zero-order valence-corrected chi connectivity index (χ0v) is 13.1. The first kappa shape index (κ1) is 14.0. The summed E-state index contributed by atoms with van der Waals surface area (Å²) < 4.78 is 13.4. The number of hydrogen-bond acceptors (Lipinski definition) is 4. The lowest BCUT2D eigenvalue weighted by Crippen LogP contribution is -2.34. The smallest absolute Gasteiger partial charge is 0.117 e. The molecule has 0 aromatic carbocycles. The van der Waals surface area contributed by atoms with Gasteiger partial charge in [0.25, 0.3) is 0 Å². The Morgan fingerprint density at radius 1 is 1.36 bits per heavy atom. The van der Waals surface area contributed by atoms with Crippen molar-refractivity contribution in [3.05, 3.63) is 41.6 Å². The lowest BCUT2D eigenvalue weighted by atomic mass is 9.97. The number of aromatic nitrogens is 2. The fourth-order valence-electron chi connectivity index (χ4n) is 3.26. The van der Waals surface area contributed by atoms with Gasteiger partial charge < -0.3 is 9.15 Å². The summed E-state index contributed by atoms with van der Waals surface area (Å²) in [5, 5.41) is 4.66. The van der Waals surface area contributed by atoms with Crippen LogP contribution < -0.4 is 0 Å². The number of fused-ring (bicyclic) bond motifs is 1. The molecule has 0 saturated heterocycles. The topological polar surface area (TPSA) is 43.4 Å². The molecule has 0 radical (unpaired) electrons. The molecule has 0 amide bonds. The number of ether oxygens (including phenoxy) is 1. The number of nitrogens with zero attached hydrogens (tertiary/aromatic N) is 3. The summed E-state index contributed by atoms with van der Waals surface area (Å²) in [5.74, 6) is 2.19. The third-order valence-corrected chi connectivity index (χ3v) is 4.53. The number of furan rings is 1. The summed E-state index contributed by atoms with van der Waals surface area (Å²) in [6.07, 6.45) is 6.55. The van der Waals surface area contributed by atoms with Crippen molar-refractivity contribution in [3.8, 4) is 0 Å². The Morgan fingerprint density at radius 3 is 3.05 bits per heavy atom. The van der Waals surface area contributed by atoms with E-state index >= 15 is 0 Å². The lowest BCUT2D eigenvalue weighted by molar-refractivity contribution is 0.0865. The van der Waals surface area contributed by atoms with Crippen molar-refractivity contribution >= 4 is 0 Å².